The van der Waals surface area contributed by atoms with E-state index in [2.05, 4.69) is 4.98 Å². The Hall–Kier alpha value is -2.08. The highest BCUT2D eigenvalue weighted by molar-refractivity contribution is 7.14. The number of hydrogen-bond donors (Lipinski definition) is 1. The highest BCUT2D eigenvalue weighted by Gasteiger charge is 2.23. The molecule has 1 aromatic heterocycles. The summed E-state index contributed by atoms with van der Waals surface area (Å²) >= 11 is 1.39. The number of fused-ring (bicyclic) bond motifs is 1. The third-order valence-electron chi connectivity index (χ3n) is 2.91. The fourth-order valence-electron chi connectivity index (χ4n) is 1.89. The summed E-state index contributed by atoms with van der Waals surface area (Å²) in [4.78, 5) is 17.4. The molecule has 0 bridgehead atoms. The lowest BCUT2D eigenvalue weighted by molar-refractivity contribution is -0.120. The van der Waals surface area contributed by atoms with E-state index in [9.17, 15) is 4.79 Å². The van der Waals surface area contributed by atoms with E-state index in [0.29, 0.717) is 10.8 Å². The normalized spacial score (nSPS) is 14.3. The number of carbonyl (C=O) groups excluding carboxylic acids is 1. The van der Waals surface area contributed by atoms with Crippen LogP contribution in [0.15, 0.2) is 23.7 Å². The molecule has 1 aliphatic heterocycles. The van der Waals surface area contributed by atoms with Gasteiger partial charge < -0.3 is 15.4 Å². The number of nitrogens with zero attached hydrogens (tertiary/aromatic N) is 2. The van der Waals surface area contributed by atoms with Crippen LogP contribution in [0.2, 0.25) is 0 Å². The second-order valence-electron chi connectivity index (χ2n) is 3.99. The molecule has 2 aromatic rings. The average molecular weight is 261 g/mol. The van der Waals surface area contributed by atoms with Crippen LogP contribution in [-0.4, -0.2) is 24.5 Å². The summed E-state index contributed by atoms with van der Waals surface area (Å²) in [6.07, 6.45) is 0. The molecule has 1 aromatic carbocycles. The van der Waals surface area contributed by atoms with Crippen LogP contribution < -0.4 is 15.4 Å². The summed E-state index contributed by atoms with van der Waals surface area (Å²) < 4.78 is 5.37. The molecule has 0 radical (unpaired) electrons. The van der Waals surface area contributed by atoms with Crippen LogP contribution in [0.5, 0.6) is 5.75 Å². The monoisotopic (exact) mass is 261 g/mol. The molecule has 18 heavy (non-hydrogen) atoms. The minimum absolute atomic E-state index is 0.0640. The number of hydrogen-bond acceptors (Lipinski definition) is 5. The summed E-state index contributed by atoms with van der Waals surface area (Å²) in [7, 11) is 1.73. The molecular formula is C12H11N3O2S. The maximum atomic E-state index is 11.6. The standard InChI is InChI=1S/C12H11N3O2S/c1-15-8-4-7(11-12(13)18-6-14-11)2-3-9(8)17-5-10(15)16/h2-4,6H,5,13H2,1H3. The van der Waals surface area contributed by atoms with Crippen molar-refractivity contribution in [1.29, 1.82) is 0 Å². The van der Waals surface area contributed by atoms with E-state index < -0.39 is 0 Å². The largest absolute Gasteiger partial charge is 0.482 e. The van der Waals surface area contributed by atoms with E-state index in [1.165, 1.54) is 11.3 Å². The van der Waals surface area contributed by atoms with Crippen molar-refractivity contribution < 1.29 is 9.53 Å². The lowest BCUT2D eigenvalue weighted by Gasteiger charge is -2.26. The van der Waals surface area contributed by atoms with Gasteiger partial charge in [-0.1, -0.05) is 0 Å². The molecule has 6 heteroatoms. The van der Waals surface area contributed by atoms with Crippen LogP contribution in [0.1, 0.15) is 0 Å². The highest BCUT2D eigenvalue weighted by Crippen LogP contribution is 2.37. The second-order valence-corrected chi connectivity index (χ2v) is 4.88. The van der Waals surface area contributed by atoms with Gasteiger partial charge in [0.2, 0.25) is 0 Å². The molecule has 0 unspecified atom stereocenters. The summed E-state index contributed by atoms with van der Waals surface area (Å²) in [5, 5.41) is 0.667. The number of likely N-dealkylation sites (N-methyl/N-ethyl adjacent to an activating group) is 1. The third kappa shape index (κ3) is 1.62. The third-order valence-corrected chi connectivity index (χ3v) is 3.57. The molecule has 1 amide bonds. The molecule has 1 aliphatic rings. The van der Waals surface area contributed by atoms with Crippen molar-refractivity contribution in [2.45, 2.75) is 0 Å². The van der Waals surface area contributed by atoms with Crippen molar-refractivity contribution in [2.24, 2.45) is 0 Å². The first-order valence-electron chi connectivity index (χ1n) is 5.39. The van der Waals surface area contributed by atoms with Crippen LogP contribution in [0.3, 0.4) is 0 Å². The van der Waals surface area contributed by atoms with Gasteiger partial charge in [-0.25, -0.2) is 4.98 Å². The topological polar surface area (TPSA) is 68.5 Å². The zero-order valence-electron chi connectivity index (χ0n) is 9.71. The van der Waals surface area contributed by atoms with Crippen molar-refractivity contribution in [3.8, 4) is 17.0 Å². The molecule has 2 heterocycles. The Morgan fingerprint density at radius 1 is 1.50 bits per heavy atom. The summed E-state index contributed by atoms with van der Waals surface area (Å²) in [5.41, 5.74) is 9.94. The Morgan fingerprint density at radius 3 is 3.06 bits per heavy atom. The predicted molar refractivity (Wildman–Crippen MR) is 70.9 cm³/mol. The highest BCUT2D eigenvalue weighted by atomic mass is 32.1. The molecule has 0 spiro atoms. The number of carbonyl (C=O) groups is 1. The van der Waals surface area contributed by atoms with Crippen molar-refractivity contribution in [3.05, 3.63) is 23.7 Å². The smallest absolute Gasteiger partial charge is 0.264 e. The van der Waals surface area contributed by atoms with Gasteiger partial charge in [0, 0.05) is 12.6 Å². The first-order valence-corrected chi connectivity index (χ1v) is 6.27. The molecule has 0 fully saturated rings. The number of anilines is 2. The number of amides is 1. The van der Waals surface area contributed by atoms with Gasteiger partial charge >= 0.3 is 0 Å². The predicted octanol–water partition coefficient (Wildman–Crippen LogP) is 1.75. The van der Waals surface area contributed by atoms with Crippen LogP contribution in [0, 0.1) is 0 Å². The Labute approximate surface area is 108 Å². The van der Waals surface area contributed by atoms with E-state index in [0.717, 1.165) is 16.9 Å². The van der Waals surface area contributed by atoms with Crippen LogP contribution >= 0.6 is 11.3 Å². The minimum atomic E-state index is -0.0640. The van der Waals surface area contributed by atoms with Crippen LogP contribution in [-0.2, 0) is 4.79 Å². The SMILES string of the molecule is CN1C(=O)COc2ccc(-c3ncsc3N)cc21. The Bertz CT molecular complexity index is 624. The number of nitrogen functional groups attached to an aromatic ring is 1. The number of ether oxygens (including phenoxy) is 1. The van der Waals surface area contributed by atoms with Gasteiger partial charge in [-0.3, -0.25) is 4.79 Å². The molecule has 92 valence electrons. The molecule has 0 saturated heterocycles. The van der Waals surface area contributed by atoms with Crippen LogP contribution in [0.4, 0.5) is 10.7 Å². The Balaban J connectivity index is 2.11. The maximum absolute atomic E-state index is 11.6. The molecule has 3 rings (SSSR count). The Kier molecular flexibility index (Phi) is 2.45. The fraction of sp³-hybridized carbons (Fsp3) is 0.167. The maximum Gasteiger partial charge on any atom is 0.264 e. The second kappa shape index (κ2) is 3.99. The van der Waals surface area contributed by atoms with Gasteiger partial charge in [-0.15, -0.1) is 11.3 Å². The summed E-state index contributed by atoms with van der Waals surface area (Å²) in [6.45, 7) is 0.0850. The first kappa shape index (κ1) is 11.0. The lowest BCUT2D eigenvalue weighted by Crippen LogP contribution is -2.35. The van der Waals surface area contributed by atoms with Crippen molar-refractivity contribution >= 4 is 27.9 Å². The zero-order valence-corrected chi connectivity index (χ0v) is 10.5. The lowest BCUT2D eigenvalue weighted by atomic mass is 10.1. The number of benzene rings is 1. The van der Waals surface area contributed by atoms with Gasteiger partial charge in [-0.2, -0.15) is 0 Å². The zero-order chi connectivity index (χ0) is 12.7. The van der Waals surface area contributed by atoms with E-state index >= 15 is 0 Å². The van der Waals surface area contributed by atoms with Gasteiger partial charge in [0.1, 0.15) is 16.4 Å². The molecule has 0 saturated carbocycles. The first-order chi connectivity index (χ1) is 8.66. The van der Waals surface area contributed by atoms with E-state index in [4.69, 9.17) is 10.5 Å². The molecule has 5 nitrogen and oxygen atoms in total. The van der Waals surface area contributed by atoms with E-state index in [1.54, 1.807) is 17.5 Å². The van der Waals surface area contributed by atoms with Crippen molar-refractivity contribution in [2.75, 3.05) is 24.3 Å². The fourth-order valence-corrected chi connectivity index (χ4v) is 2.45. The number of thiazole rings is 1. The van der Waals surface area contributed by atoms with Crippen molar-refractivity contribution in [1.82, 2.24) is 4.98 Å². The molecule has 2 N–H and O–H groups in total. The number of nitrogens with two attached hydrogens (primary N) is 1. The van der Waals surface area contributed by atoms with Crippen molar-refractivity contribution in [3.63, 3.8) is 0 Å². The van der Waals surface area contributed by atoms with Gasteiger partial charge in [0.15, 0.2) is 6.61 Å². The van der Waals surface area contributed by atoms with E-state index in [-0.39, 0.29) is 12.5 Å². The van der Waals surface area contributed by atoms with Gasteiger partial charge in [0.05, 0.1) is 11.2 Å². The summed E-state index contributed by atoms with van der Waals surface area (Å²) in [5.74, 6) is 0.639. The van der Waals surface area contributed by atoms with E-state index in [1.807, 2.05) is 18.2 Å². The molecule has 0 aliphatic carbocycles. The van der Waals surface area contributed by atoms with Crippen LogP contribution in [0.25, 0.3) is 11.3 Å². The van der Waals surface area contributed by atoms with Gasteiger partial charge in [-0.05, 0) is 18.2 Å². The number of aromatic nitrogens is 1. The average Bonchev–Trinajstić information content (AvgIpc) is 2.80. The molecule has 0 atom stereocenters. The minimum Gasteiger partial charge on any atom is -0.482 e. The van der Waals surface area contributed by atoms with Gasteiger partial charge in [0.25, 0.3) is 5.91 Å². The summed E-state index contributed by atoms with van der Waals surface area (Å²) in [6, 6.07) is 5.61. The Morgan fingerprint density at radius 2 is 2.33 bits per heavy atom. The number of rotatable bonds is 1. The quantitative estimate of drug-likeness (QED) is 0.849. The molecular weight excluding hydrogens is 250 g/mol.